The molecule has 0 aliphatic rings. The van der Waals surface area contributed by atoms with Crippen LogP contribution in [0.2, 0.25) is 5.02 Å². The van der Waals surface area contributed by atoms with Crippen molar-refractivity contribution in [3.8, 4) is 0 Å². The predicted molar refractivity (Wildman–Crippen MR) is 62.3 cm³/mol. The summed E-state index contributed by atoms with van der Waals surface area (Å²) in [4.78, 5) is 11.1. The molecule has 0 saturated heterocycles. The smallest absolute Gasteiger partial charge is 0.339 e. The van der Waals surface area contributed by atoms with Gasteiger partial charge in [0.25, 0.3) is 0 Å². The number of primary amides is 1. The lowest BCUT2D eigenvalue weighted by molar-refractivity contribution is 0.254. The van der Waals surface area contributed by atoms with E-state index >= 15 is 0 Å². The van der Waals surface area contributed by atoms with Crippen molar-refractivity contribution in [3.05, 3.63) is 29.3 Å². The molecule has 0 aromatic heterocycles. The molecule has 1 aromatic carbocycles. The summed E-state index contributed by atoms with van der Waals surface area (Å²) < 4.78 is 0. The van der Waals surface area contributed by atoms with Crippen molar-refractivity contribution in [2.75, 3.05) is 5.01 Å². The zero-order chi connectivity index (χ0) is 11.4. The van der Waals surface area contributed by atoms with Gasteiger partial charge in [0.15, 0.2) is 0 Å². The van der Waals surface area contributed by atoms with E-state index in [9.17, 15) is 4.79 Å². The van der Waals surface area contributed by atoms with E-state index in [2.05, 4.69) is 5.10 Å². The van der Waals surface area contributed by atoms with Crippen LogP contribution in [0.15, 0.2) is 29.4 Å². The van der Waals surface area contributed by atoms with Crippen LogP contribution in [0.5, 0.6) is 0 Å². The van der Waals surface area contributed by atoms with Crippen molar-refractivity contribution in [1.29, 1.82) is 0 Å². The van der Waals surface area contributed by atoms with Crippen LogP contribution >= 0.6 is 11.6 Å². The van der Waals surface area contributed by atoms with Crippen molar-refractivity contribution >= 4 is 29.0 Å². The summed E-state index contributed by atoms with van der Waals surface area (Å²) in [6.45, 7) is 3.57. The first kappa shape index (κ1) is 11.5. The first-order valence-corrected chi connectivity index (χ1v) is 4.75. The Balaban J connectivity index is 3.05. The van der Waals surface area contributed by atoms with Crippen LogP contribution in [0, 0.1) is 0 Å². The Kier molecular flexibility index (Phi) is 3.68. The number of hydrogen-bond acceptors (Lipinski definition) is 2. The van der Waals surface area contributed by atoms with Crippen LogP contribution in [0.25, 0.3) is 0 Å². The molecule has 4 nitrogen and oxygen atoms in total. The van der Waals surface area contributed by atoms with Gasteiger partial charge in [0.2, 0.25) is 0 Å². The number of urea groups is 1. The summed E-state index contributed by atoms with van der Waals surface area (Å²) in [6, 6.07) is 6.08. The van der Waals surface area contributed by atoms with Gasteiger partial charge in [-0.15, -0.1) is 0 Å². The van der Waals surface area contributed by atoms with E-state index < -0.39 is 6.03 Å². The number of amides is 2. The molecule has 0 saturated carbocycles. The third kappa shape index (κ3) is 3.25. The van der Waals surface area contributed by atoms with E-state index in [1.807, 2.05) is 0 Å². The molecule has 1 rings (SSSR count). The summed E-state index contributed by atoms with van der Waals surface area (Å²) in [5.41, 5.74) is 6.53. The number of carbonyl (C=O) groups is 1. The lowest BCUT2D eigenvalue weighted by Gasteiger charge is -2.14. The largest absolute Gasteiger partial charge is 0.350 e. The van der Waals surface area contributed by atoms with Gasteiger partial charge < -0.3 is 5.73 Å². The van der Waals surface area contributed by atoms with Gasteiger partial charge >= 0.3 is 6.03 Å². The van der Waals surface area contributed by atoms with Gasteiger partial charge in [0, 0.05) is 10.7 Å². The Morgan fingerprint density at radius 1 is 1.33 bits per heavy atom. The van der Waals surface area contributed by atoms with Crippen LogP contribution in [-0.2, 0) is 0 Å². The molecule has 2 N–H and O–H groups in total. The normalized spacial score (nSPS) is 9.53. The number of nitrogens with zero attached hydrogens (tertiary/aromatic N) is 2. The molecule has 1 aromatic rings. The summed E-state index contributed by atoms with van der Waals surface area (Å²) >= 11 is 5.73. The number of rotatable bonds is 2. The van der Waals surface area contributed by atoms with E-state index in [1.165, 1.54) is 0 Å². The minimum Gasteiger partial charge on any atom is -0.350 e. The van der Waals surface area contributed by atoms with E-state index in [1.54, 1.807) is 38.1 Å². The third-order valence-electron chi connectivity index (χ3n) is 1.58. The van der Waals surface area contributed by atoms with Crippen LogP contribution in [0.4, 0.5) is 10.5 Å². The lowest BCUT2D eigenvalue weighted by atomic mass is 10.3. The van der Waals surface area contributed by atoms with Crippen LogP contribution in [0.3, 0.4) is 0 Å². The van der Waals surface area contributed by atoms with E-state index in [4.69, 9.17) is 17.3 Å². The molecule has 0 unspecified atom stereocenters. The van der Waals surface area contributed by atoms with Gasteiger partial charge in [-0.05, 0) is 38.1 Å². The Morgan fingerprint density at radius 3 is 2.27 bits per heavy atom. The number of anilines is 1. The SMILES string of the molecule is CC(C)=NN(C(N)=O)c1ccc(Cl)cc1. The fraction of sp³-hybridized carbons (Fsp3) is 0.200. The average molecular weight is 226 g/mol. The first-order valence-electron chi connectivity index (χ1n) is 4.37. The number of halogens is 1. The highest BCUT2D eigenvalue weighted by molar-refractivity contribution is 6.30. The molecular formula is C10H12ClN3O. The van der Waals surface area contributed by atoms with Crippen molar-refractivity contribution in [2.45, 2.75) is 13.8 Å². The van der Waals surface area contributed by atoms with Crippen molar-refractivity contribution in [2.24, 2.45) is 10.8 Å². The highest BCUT2D eigenvalue weighted by Gasteiger charge is 2.10. The van der Waals surface area contributed by atoms with Crippen LogP contribution in [-0.4, -0.2) is 11.7 Å². The minimum atomic E-state index is -0.626. The molecule has 0 heterocycles. The zero-order valence-corrected chi connectivity index (χ0v) is 9.32. The zero-order valence-electron chi connectivity index (χ0n) is 8.57. The van der Waals surface area contributed by atoms with E-state index in [-0.39, 0.29) is 0 Å². The molecule has 2 amide bonds. The van der Waals surface area contributed by atoms with Crippen molar-refractivity contribution in [3.63, 3.8) is 0 Å². The second kappa shape index (κ2) is 4.79. The molecule has 0 spiro atoms. The van der Waals surface area contributed by atoms with E-state index in [0.29, 0.717) is 10.7 Å². The minimum absolute atomic E-state index is 0.591. The second-order valence-electron chi connectivity index (χ2n) is 3.17. The van der Waals surface area contributed by atoms with Gasteiger partial charge in [-0.2, -0.15) is 10.1 Å². The number of carbonyl (C=O) groups excluding carboxylic acids is 1. The van der Waals surface area contributed by atoms with Gasteiger partial charge in [0.1, 0.15) is 0 Å². The van der Waals surface area contributed by atoms with Crippen LogP contribution in [0.1, 0.15) is 13.8 Å². The monoisotopic (exact) mass is 225 g/mol. The summed E-state index contributed by atoms with van der Waals surface area (Å²) in [5, 5.41) is 5.74. The summed E-state index contributed by atoms with van der Waals surface area (Å²) in [5.74, 6) is 0. The maximum atomic E-state index is 11.1. The Hall–Kier alpha value is -1.55. The highest BCUT2D eigenvalue weighted by atomic mass is 35.5. The Labute approximate surface area is 93.3 Å². The quantitative estimate of drug-likeness (QED) is 0.611. The maximum absolute atomic E-state index is 11.1. The highest BCUT2D eigenvalue weighted by Crippen LogP contribution is 2.18. The molecule has 0 aliphatic carbocycles. The number of benzene rings is 1. The van der Waals surface area contributed by atoms with Crippen molar-refractivity contribution < 1.29 is 4.79 Å². The first-order chi connectivity index (χ1) is 7.00. The van der Waals surface area contributed by atoms with E-state index in [0.717, 1.165) is 10.7 Å². The standard InChI is InChI=1S/C10H12ClN3O/c1-7(2)13-14(10(12)15)9-5-3-8(11)4-6-9/h3-6H,1-2H3,(H2,12,15). The molecule has 0 atom stereocenters. The number of nitrogens with two attached hydrogens (primary N) is 1. The lowest BCUT2D eigenvalue weighted by Crippen LogP contribution is -2.31. The average Bonchev–Trinajstić information content (AvgIpc) is 2.15. The summed E-state index contributed by atoms with van der Waals surface area (Å²) in [7, 11) is 0. The molecule has 5 heteroatoms. The maximum Gasteiger partial charge on any atom is 0.339 e. The molecule has 0 radical (unpaired) electrons. The fourth-order valence-electron chi connectivity index (χ4n) is 1.02. The molecular weight excluding hydrogens is 214 g/mol. The fourth-order valence-corrected chi connectivity index (χ4v) is 1.14. The summed E-state index contributed by atoms with van der Waals surface area (Å²) in [6.07, 6.45) is 0. The molecule has 0 fully saturated rings. The molecule has 15 heavy (non-hydrogen) atoms. The van der Waals surface area contributed by atoms with Crippen molar-refractivity contribution in [1.82, 2.24) is 0 Å². The molecule has 80 valence electrons. The van der Waals surface area contributed by atoms with Crippen LogP contribution < -0.4 is 10.7 Å². The Bertz CT molecular complexity index is 382. The predicted octanol–water partition coefficient (Wildman–Crippen LogP) is 2.62. The molecule has 0 aliphatic heterocycles. The number of hydrogen-bond donors (Lipinski definition) is 1. The van der Waals surface area contributed by atoms with Gasteiger partial charge in [-0.3, -0.25) is 0 Å². The number of hydrazone groups is 1. The second-order valence-corrected chi connectivity index (χ2v) is 3.61. The topological polar surface area (TPSA) is 58.7 Å². The molecule has 0 bridgehead atoms. The van der Waals surface area contributed by atoms with Gasteiger partial charge in [0.05, 0.1) is 5.69 Å². The van der Waals surface area contributed by atoms with Gasteiger partial charge in [-0.25, -0.2) is 4.79 Å². The third-order valence-corrected chi connectivity index (χ3v) is 1.83. The Morgan fingerprint density at radius 2 is 1.87 bits per heavy atom. The van der Waals surface area contributed by atoms with Gasteiger partial charge in [-0.1, -0.05) is 11.6 Å².